The van der Waals surface area contributed by atoms with Crippen LogP contribution >= 0.6 is 0 Å². The number of carbonyl (C=O) groups excluding carboxylic acids is 2. The number of hydrogen-bond acceptors (Lipinski definition) is 6. The number of sulfonamides is 1. The van der Waals surface area contributed by atoms with Gasteiger partial charge in [-0.15, -0.1) is 0 Å². The minimum atomic E-state index is -3.91. The minimum absolute atomic E-state index is 0.0489. The van der Waals surface area contributed by atoms with Gasteiger partial charge in [0.15, 0.2) is 5.78 Å². The number of Topliss-reactive ketones (excluding diaryl/α,β-unsaturated/α-hetero) is 1. The van der Waals surface area contributed by atoms with Crippen molar-refractivity contribution in [3.8, 4) is 11.5 Å². The predicted molar refractivity (Wildman–Crippen MR) is 116 cm³/mol. The van der Waals surface area contributed by atoms with E-state index in [1.54, 1.807) is 36.4 Å². The maximum absolute atomic E-state index is 13.0. The van der Waals surface area contributed by atoms with E-state index in [-0.39, 0.29) is 22.0 Å². The van der Waals surface area contributed by atoms with Gasteiger partial charge in [0.25, 0.3) is 10.0 Å². The van der Waals surface area contributed by atoms with Crippen molar-refractivity contribution >= 4 is 27.5 Å². The van der Waals surface area contributed by atoms with E-state index in [1.165, 1.54) is 57.5 Å². The van der Waals surface area contributed by atoms with Gasteiger partial charge in [0.2, 0.25) is 0 Å². The molecule has 8 heteroatoms. The van der Waals surface area contributed by atoms with E-state index in [1.807, 2.05) is 0 Å². The van der Waals surface area contributed by atoms with Crippen LogP contribution in [0.2, 0.25) is 0 Å². The predicted octanol–water partition coefficient (Wildman–Crippen LogP) is 3.94. The normalized spacial score (nSPS) is 10.9. The molecule has 0 fully saturated rings. The molecule has 0 amide bonds. The lowest BCUT2D eigenvalue weighted by Gasteiger charge is -2.20. The second-order valence-corrected chi connectivity index (χ2v) is 8.64. The third-order valence-corrected chi connectivity index (χ3v) is 6.42. The Labute approximate surface area is 180 Å². The topological polar surface area (TPSA) is 90.0 Å². The van der Waals surface area contributed by atoms with E-state index in [2.05, 4.69) is 0 Å². The fourth-order valence-electron chi connectivity index (χ4n) is 2.80. The number of hydrogen-bond donors (Lipinski definition) is 0. The third-order valence-electron chi connectivity index (χ3n) is 4.64. The molecule has 3 aromatic carbocycles. The molecule has 7 nitrogen and oxygen atoms in total. The van der Waals surface area contributed by atoms with Crippen LogP contribution < -0.4 is 13.8 Å². The van der Waals surface area contributed by atoms with Crippen molar-refractivity contribution in [2.75, 3.05) is 18.5 Å². The van der Waals surface area contributed by atoms with Crippen LogP contribution in [-0.2, 0) is 10.0 Å². The lowest BCUT2D eigenvalue weighted by Crippen LogP contribution is -2.26. The molecule has 0 bridgehead atoms. The van der Waals surface area contributed by atoms with Crippen molar-refractivity contribution < 1.29 is 27.5 Å². The molecule has 0 aliphatic carbocycles. The van der Waals surface area contributed by atoms with Crippen molar-refractivity contribution in [1.29, 1.82) is 0 Å². The quantitative estimate of drug-likeness (QED) is 0.315. The van der Waals surface area contributed by atoms with Gasteiger partial charge in [-0.05, 0) is 73.7 Å². The summed E-state index contributed by atoms with van der Waals surface area (Å²) in [5, 5.41) is 0. The Balaban J connectivity index is 1.82. The summed E-state index contributed by atoms with van der Waals surface area (Å²) in [6.07, 6.45) is 0. The zero-order chi connectivity index (χ0) is 22.6. The standard InChI is InChI=1S/C23H21NO6S/c1-16(25)17-7-11-21(12-8-17)30-23(26)18-5-4-6-22(15-18)31(27,28)24(2)19-9-13-20(29-3)14-10-19/h4-15H,1-3H3. The molecule has 0 unspecified atom stereocenters. The number of anilines is 1. The third kappa shape index (κ3) is 4.92. The smallest absolute Gasteiger partial charge is 0.343 e. The molecule has 0 aromatic heterocycles. The van der Waals surface area contributed by atoms with Crippen molar-refractivity contribution in [3.63, 3.8) is 0 Å². The first-order chi connectivity index (χ1) is 14.7. The van der Waals surface area contributed by atoms with Crippen LogP contribution in [0.15, 0.2) is 77.7 Å². The molecular formula is C23H21NO6S. The van der Waals surface area contributed by atoms with E-state index >= 15 is 0 Å². The van der Waals surface area contributed by atoms with Gasteiger partial charge in [-0.2, -0.15) is 0 Å². The number of nitrogens with zero attached hydrogens (tertiary/aromatic N) is 1. The minimum Gasteiger partial charge on any atom is -0.497 e. The highest BCUT2D eigenvalue weighted by Crippen LogP contribution is 2.25. The molecule has 0 radical (unpaired) electrons. The molecule has 3 aromatic rings. The zero-order valence-corrected chi connectivity index (χ0v) is 18.0. The van der Waals surface area contributed by atoms with Crippen LogP contribution in [0, 0.1) is 0 Å². The van der Waals surface area contributed by atoms with E-state index < -0.39 is 16.0 Å². The van der Waals surface area contributed by atoms with Gasteiger partial charge in [0.05, 0.1) is 23.3 Å². The number of ether oxygens (including phenoxy) is 2. The van der Waals surface area contributed by atoms with Gasteiger partial charge in [0, 0.05) is 12.6 Å². The first-order valence-electron chi connectivity index (χ1n) is 9.28. The SMILES string of the molecule is COc1ccc(N(C)S(=O)(=O)c2cccc(C(=O)Oc3ccc(C(C)=O)cc3)c2)cc1. The van der Waals surface area contributed by atoms with Gasteiger partial charge < -0.3 is 9.47 Å². The Bertz CT molecular complexity index is 1200. The van der Waals surface area contributed by atoms with Gasteiger partial charge in [-0.25, -0.2) is 13.2 Å². The lowest BCUT2D eigenvalue weighted by atomic mass is 10.1. The van der Waals surface area contributed by atoms with E-state index in [9.17, 15) is 18.0 Å². The van der Waals surface area contributed by atoms with Crippen molar-refractivity contribution in [2.45, 2.75) is 11.8 Å². The summed E-state index contributed by atoms with van der Waals surface area (Å²) in [6, 6.07) is 18.3. The van der Waals surface area contributed by atoms with Gasteiger partial charge in [-0.3, -0.25) is 9.10 Å². The van der Waals surface area contributed by atoms with Gasteiger partial charge in [-0.1, -0.05) is 6.07 Å². The molecule has 0 spiro atoms. The fourth-order valence-corrected chi connectivity index (χ4v) is 4.04. The van der Waals surface area contributed by atoms with E-state index in [4.69, 9.17) is 9.47 Å². The number of ketones is 1. The summed E-state index contributed by atoms with van der Waals surface area (Å²) in [4.78, 5) is 23.8. The van der Waals surface area contributed by atoms with E-state index in [0.717, 1.165) is 4.31 Å². The molecule has 0 aliphatic rings. The Kier molecular flexibility index (Phi) is 6.41. The summed E-state index contributed by atoms with van der Waals surface area (Å²) in [5.41, 5.74) is 1.02. The van der Waals surface area contributed by atoms with Crippen LogP contribution in [0.5, 0.6) is 11.5 Å². The maximum Gasteiger partial charge on any atom is 0.343 e. The summed E-state index contributed by atoms with van der Waals surface area (Å²) >= 11 is 0. The lowest BCUT2D eigenvalue weighted by molar-refractivity contribution is 0.0734. The average molecular weight is 439 g/mol. The van der Waals surface area contributed by atoms with Crippen LogP contribution in [-0.4, -0.2) is 34.3 Å². The van der Waals surface area contributed by atoms with Crippen molar-refractivity contribution in [2.24, 2.45) is 0 Å². The molecule has 0 saturated carbocycles. The van der Waals surface area contributed by atoms with Crippen LogP contribution in [0.1, 0.15) is 27.6 Å². The Morgan fingerprint density at radius 2 is 1.45 bits per heavy atom. The molecule has 160 valence electrons. The Morgan fingerprint density at radius 1 is 0.839 bits per heavy atom. The summed E-state index contributed by atoms with van der Waals surface area (Å²) < 4.78 is 37.6. The molecule has 3 rings (SSSR count). The molecule has 0 aliphatic heterocycles. The molecule has 0 N–H and O–H groups in total. The molecule has 31 heavy (non-hydrogen) atoms. The summed E-state index contributed by atoms with van der Waals surface area (Å²) in [6.45, 7) is 1.44. The average Bonchev–Trinajstić information content (AvgIpc) is 2.79. The number of methoxy groups -OCH3 is 1. The second kappa shape index (κ2) is 9.01. The number of esters is 1. The van der Waals surface area contributed by atoms with Crippen molar-refractivity contribution in [1.82, 2.24) is 0 Å². The molecular weight excluding hydrogens is 418 g/mol. The molecule has 0 atom stereocenters. The van der Waals surface area contributed by atoms with Gasteiger partial charge in [0.1, 0.15) is 11.5 Å². The van der Waals surface area contributed by atoms with Crippen molar-refractivity contribution in [3.05, 3.63) is 83.9 Å². The maximum atomic E-state index is 13.0. The van der Waals surface area contributed by atoms with Crippen LogP contribution in [0.25, 0.3) is 0 Å². The van der Waals surface area contributed by atoms with Crippen LogP contribution in [0.4, 0.5) is 5.69 Å². The highest BCUT2D eigenvalue weighted by atomic mass is 32.2. The number of benzene rings is 3. The second-order valence-electron chi connectivity index (χ2n) is 6.67. The summed E-state index contributed by atoms with van der Waals surface area (Å²) in [7, 11) is -0.954. The molecule has 0 saturated heterocycles. The first-order valence-corrected chi connectivity index (χ1v) is 10.7. The highest BCUT2D eigenvalue weighted by molar-refractivity contribution is 7.92. The Morgan fingerprint density at radius 3 is 2.03 bits per heavy atom. The Hall–Kier alpha value is -3.65. The number of carbonyl (C=O) groups is 2. The first kappa shape index (κ1) is 22.0. The summed E-state index contributed by atoms with van der Waals surface area (Å²) in [5.74, 6) is 0.0470. The van der Waals surface area contributed by atoms with E-state index in [0.29, 0.717) is 17.0 Å². The highest BCUT2D eigenvalue weighted by Gasteiger charge is 2.23. The monoisotopic (exact) mass is 439 g/mol. The largest absolute Gasteiger partial charge is 0.497 e. The zero-order valence-electron chi connectivity index (χ0n) is 17.2. The van der Waals surface area contributed by atoms with Crippen LogP contribution in [0.3, 0.4) is 0 Å². The fraction of sp³-hybridized carbons (Fsp3) is 0.130. The van der Waals surface area contributed by atoms with Gasteiger partial charge >= 0.3 is 5.97 Å². The number of rotatable bonds is 7. The molecule has 0 heterocycles.